The number of amides is 1. The van der Waals surface area contributed by atoms with Gasteiger partial charge in [0, 0.05) is 17.5 Å². The molecule has 0 aliphatic rings. The molecule has 0 aliphatic heterocycles. The summed E-state index contributed by atoms with van der Waals surface area (Å²) in [6.45, 7) is 2.02. The molecule has 0 fully saturated rings. The summed E-state index contributed by atoms with van der Waals surface area (Å²) in [5, 5.41) is 5.82. The maximum atomic E-state index is 12.8. The van der Waals surface area contributed by atoms with Crippen molar-refractivity contribution in [3.63, 3.8) is 0 Å². The van der Waals surface area contributed by atoms with Gasteiger partial charge in [0.05, 0.1) is 46.8 Å². The molecule has 0 saturated heterocycles. The zero-order chi connectivity index (χ0) is 22.4. The SMILES string of the molecule is CCc1nc(COC(=O)c2cc(OC)c(OC)cc2NC(=O)c2ccccc2Cl)cs1. The van der Waals surface area contributed by atoms with Gasteiger partial charge in [0.15, 0.2) is 11.5 Å². The molecule has 0 unspecified atom stereocenters. The van der Waals surface area contributed by atoms with Crippen molar-refractivity contribution in [2.24, 2.45) is 0 Å². The number of esters is 1. The van der Waals surface area contributed by atoms with Crippen LogP contribution < -0.4 is 14.8 Å². The maximum absolute atomic E-state index is 12.8. The minimum atomic E-state index is -0.638. The second kappa shape index (κ2) is 10.3. The average Bonchev–Trinajstić information content (AvgIpc) is 3.25. The maximum Gasteiger partial charge on any atom is 0.340 e. The van der Waals surface area contributed by atoms with Crippen molar-refractivity contribution in [3.8, 4) is 11.5 Å². The molecule has 0 spiro atoms. The molecule has 3 aromatic rings. The van der Waals surface area contributed by atoms with Crippen LogP contribution in [0.15, 0.2) is 41.8 Å². The summed E-state index contributed by atoms with van der Waals surface area (Å²) >= 11 is 7.63. The van der Waals surface area contributed by atoms with E-state index in [0.717, 1.165) is 11.4 Å². The zero-order valence-electron chi connectivity index (χ0n) is 17.2. The number of ether oxygens (including phenoxy) is 3. The molecule has 0 saturated carbocycles. The third kappa shape index (κ3) is 5.34. The molecule has 7 nitrogen and oxygen atoms in total. The Bertz CT molecular complexity index is 1100. The Hall–Kier alpha value is -3.10. The lowest BCUT2D eigenvalue weighted by molar-refractivity contribution is 0.0469. The van der Waals surface area contributed by atoms with Gasteiger partial charge in [-0.2, -0.15) is 0 Å². The molecule has 162 valence electrons. The van der Waals surface area contributed by atoms with Crippen molar-refractivity contribution in [2.75, 3.05) is 19.5 Å². The summed E-state index contributed by atoms with van der Waals surface area (Å²) in [7, 11) is 2.92. The number of carbonyl (C=O) groups excluding carboxylic acids is 2. The molecule has 1 amide bonds. The van der Waals surface area contributed by atoms with E-state index >= 15 is 0 Å². The second-order valence-corrected chi connectivity index (χ2v) is 7.70. The average molecular weight is 461 g/mol. The number of aromatic nitrogens is 1. The van der Waals surface area contributed by atoms with Gasteiger partial charge < -0.3 is 19.5 Å². The van der Waals surface area contributed by atoms with Crippen LogP contribution in [-0.4, -0.2) is 31.1 Å². The normalized spacial score (nSPS) is 10.5. The lowest BCUT2D eigenvalue weighted by Crippen LogP contribution is -2.17. The number of benzene rings is 2. The highest BCUT2D eigenvalue weighted by Gasteiger charge is 2.21. The Balaban J connectivity index is 1.89. The third-order valence-corrected chi connectivity index (χ3v) is 5.73. The first-order valence-corrected chi connectivity index (χ1v) is 10.6. The van der Waals surface area contributed by atoms with Gasteiger partial charge in [0.1, 0.15) is 6.61 Å². The van der Waals surface area contributed by atoms with Crippen molar-refractivity contribution >= 4 is 40.5 Å². The van der Waals surface area contributed by atoms with E-state index in [9.17, 15) is 9.59 Å². The molecule has 9 heteroatoms. The molecule has 3 rings (SSSR count). The number of rotatable bonds is 8. The Morgan fingerprint density at radius 2 is 1.81 bits per heavy atom. The van der Waals surface area contributed by atoms with Crippen molar-refractivity contribution in [1.82, 2.24) is 4.98 Å². The molecular weight excluding hydrogens is 440 g/mol. The van der Waals surface area contributed by atoms with E-state index in [1.807, 2.05) is 12.3 Å². The fraction of sp³-hybridized carbons (Fsp3) is 0.227. The van der Waals surface area contributed by atoms with E-state index in [1.165, 1.54) is 37.7 Å². The molecule has 1 heterocycles. The molecule has 0 aliphatic carbocycles. The van der Waals surface area contributed by atoms with E-state index in [4.69, 9.17) is 25.8 Å². The molecular formula is C22H21ClN2O5S. The fourth-order valence-electron chi connectivity index (χ4n) is 2.78. The van der Waals surface area contributed by atoms with Crippen LogP contribution in [0.1, 0.15) is 38.3 Å². The highest BCUT2D eigenvalue weighted by Crippen LogP contribution is 2.34. The smallest absolute Gasteiger partial charge is 0.340 e. The molecule has 0 atom stereocenters. The van der Waals surface area contributed by atoms with Crippen LogP contribution in [0.2, 0.25) is 5.02 Å². The first-order chi connectivity index (χ1) is 15.0. The highest BCUT2D eigenvalue weighted by molar-refractivity contribution is 7.09. The fourth-order valence-corrected chi connectivity index (χ4v) is 3.73. The van der Waals surface area contributed by atoms with E-state index < -0.39 is 11.9 Å². The lowest BCUT2D eigenvalue weighted by Gasteiger charge is -2.15. The predicted octanol–water partition coefficient (Wildman–Crippen LogP) is 4.99. The highest BCUT2D eigenvalue weighted by atomic mass is 35.5. The Morgan fingerprint density at radius 1 is 1.10 bits per heavy atom. The van der Waals surface area contributed by atoms with E-state index in [2.05, 4.69) is 10.3 Å². The van der Waals surface area contributed by atoms with Crippen molar-refractivity contribution in [2.45, 2.75) is 20.0 Å². The Labute approximate surface area is 188 Å². The second-order valence-electron chi connectivity index (χ2n) is 6.35. The predicted molar refractivity (Wildman–Crippen MR) is 120 cm³/mol. The first kappa shape index (κ1) is 22.6. The number of hydrogen-bond acceptors (Lipinski definition) is 7. The number of anilines is 1. The number of nitrogens with zero attached hydrogens (tertiary/aromatic N) is 1. The molecule has 2 aromatic carbocycles. The monoisotopic (exact) mass is 460 g/mol. The van der Waals surface area contributed by atoms with Crippen LogP contribution in [0.4, 0.5) is 5.69 Å². The number of thiazole rings is 1. The first-order valence-electron chi connectivity index (χ1n) is 9.39. The lowest BCUT2D eigenvalue weighted by atomic mass is 10.1. The quantitative estimate of drug-likeness (QED) is 0.477. The minimum absolute atomic E-state index is 0.0155. The van der Waals surface area contributed by atoms with E-state index in [-0.39, 0.29) is 23.4 Å². The van der Waals surface area contributed by atoms with Crippen LogP contribution in [0.5, 0.6) is 11.5 Å². The summed E-state index contributed by atoms with van der Waals surface area (Å²) in [5.41, 5.74) is 1.26. The van der Waals surface area contributed by atoms with E-state index in [0.29, 0.717) is 22.2 Å². The topological polar surface area (TPSA) is 86.8 Å². The van der Waals surface area contributed by atoms with Crippen molar-refractivity contribution in [1.29, 1.82) is 0 Å². The van der Waals surface area contributed by atoms with Crippen LogP contribution >= 0.6 is 22.9 Å². The van der Waals surface area contributed by atoms with Crippen LogP contribution in [-0.2, 0) is 17.8 Å². The van der Waals surface area contributed by atoms with Gasteiger partial charge >= 0.3 is 5.97 Å². The van der Waals surface area contributed by atoms with Crippen LogP contribution in [0.25, 0.3) is 0 Å². The summed E-state index contributed by atoms with van der Waals surface area (Å²) < 4.78 is 16.0. The zero-order valence-corrected chi connectivity index (χ0v) is 18.8. The van der Waals surface area contributed by atoms with Crippen LogP contribution in [0, 0.1) is 0 Å². The number of methoxy groups -OCH3 is 2. The van der Waals surface area contributed by atoms with Gasteiger partial charge in [-0.3, -0.25) is 4.79 Å². The van der Waals surface area contributed by atoms with Gasteiger partial charge in [0.25, 0.3) is 5.91 Å². The number of halogens is 1. The van der Waals surface area contributed by atoms with E-state index in [1.54, 1.807) is 24.3 Å². The Morgan fingerprint density at radius 3 is 2.45 bits per heavy atom. The number of carbonyl (C=O) groups is 2. The summed E-state index contributed by atoms with van der Waals surface area (Å²) in [6, 6.07) is 9.58. The number of hydrogen-bond donors (Lipinski definition) is 1. The molecule has 31 heavy (non-hydrogen) atoms. The molecule has 0 bridgehead atoms. The van der Waals surface area contributed by atoms with Crippen molar-refractivity contribution < 1.29 is 23.8 Å². The standard InChI is InChI=1S/C22H21ClN2O5S/c1-4-20-24-13(12-31-20)11-30-22(27)15-9-18(28-2)19(29-3)10-17(15)25-21(26)14-7-5-6-8-16(14)23/h5-10,12H,4,11H2,1-3H3,(H,25,26). The molecule has 1 N–H and O–H groups in total. The molecule has 1 aromatic heterocycles. The number of nitrogens with one attached hydrogen (secondary N) is 1. The van der Waals surface area contributed by atoms with Gasteiger partial charge in [-0.15, -0.1) is 11.3 Å². The minimum Gasteiger partial charge on any atom is -0.493 e. The number of aryl methyl sites for hydroxylation is 1. The summed E-state index contributed by atoms with van der Waals surface area (Å²) in [4.78, 5) is 30.0. The van der Waals surface area contributed by atoms with Gasteiger partial charge in [-0.25, -0.2) is 9.78 Å². The van der Waals surface area contributed by atoms with Gasteiger partial charge in [-0.05, 0) is 18.6 Å². The van der Waals surface area contributed by atoms with Gasteiger partial charge in [0.2, 0.25) is 0 Å². The van der Waals surface area contributed by atoms with Gasteiger partial charge in [-0.1, -0.05) is 30.7 Å². The van der Waals surface area contributed by atoms with Crippen molar-refractivity contribution in [3.05, 3.63) is 68.6 Å². The molecule has 0 radical (unpaired) electrons. The third-order valence-electron chi connectivity index (χ3n) is 4.36. The summed E-state index contributed by atoms with van der Waals surface area (Å²) in [6.07, 6.45) is 0.812. The summed E-state index contributed by atoms with van der Waals surface area (Å²) in [5.74, 6) is -0.437. The largest absolute Gasteiger partial charge is 0.493 e. The Kier molecular flexibility index (Phi) is 7.49. The van der Waals surface area contributed by atoms with Crippen LogP contribution in [0.3, 0.4) is 0 Å².